The van der Waals surface area contributed by atoms with Gasteiger partial charge in [0.2, 0.25) is 0 Å². The molecular weight excluding hydrogens is 506 g/mol. The van der Waals surface area contributed by atoms with Gasteiger partial charge in [-0.1, -0.05) is 57.4 Å². The zero-order valence-corrected chi connectivity index (χ0v) is 20.2. The van der Waals surface area contributed by atoms with Gasteiger partial charge in [-0.2, -0.15) is 0 Å². The van der Waals surface area contributed by atoms with Gasteiger partial charge in [0.1, 0.15) is 0 Å². The first-order chi connectivity index (χ1) is 15.8. The lowest BCUT2D eigenvalue weighted by molar-refractivity contribution is 0.0462. The molecule has 0 bridgehead atoms. The number of hydrogen-bond acceptors (Lipinski definition) is 5. The van der Waals surface area contributed by atoms with E-state index in [-0.39, 0.29) is 11.6 Å². The number of carbonyl (C=O) groups is 2. The van der Waals surface area contributed by atoms with E-state index < -0.39 is 12.6 Å². The van der Waals surface area contributed by atoms with E-state index in [0.717, 1.165) is 26.9 Å². The van der Waals surface area contributed by atoms with E-state index in [4.69, 9.17) is 16.3 Å². The number of ether oxygens (including phenoxy) is 1. The molecule has 4 rings (SSSR count). The summed E-state index contributed by atoms with van der Waals surface area (Å²) in [5.41, 5.74) is 4.07. The van der Waals surface area contributed by atoms with E-state index in [2.05, 4.69) is 26.0 Å². The van der Waals surface area contributed by atoms with Gasteiger partial charge in [-0.3, -0.25) is 4.79 Å². The molecule has 8 heteroatoms. The molecule has 0 unspecified atom stereocenters. The molecule has 0 aliphatic heterocycles. The van der Waals surface area contributed by atoms with Gasteiger partial charge in [0.05, 0.1) is 5.69 Å². The number of rotatable bonds is 6. The topological polar surface area (TPSA) is 74.1 Å². The van der Waals surface area contributed by atoms with Crippen LogP contribution in [0, 0.1) is 13.8 Å². The molecule has 0 radical (unpaired) electrons. The molecular formula is C25H19BrClN3O3. The summed E-state index contributed by atoms with van der Waals surface area (Å²) in [4.78, 5) is 29.5. The fourth-order valence-corrected chi connectivity index (χ4v) is 3.70. The van der Waals surface area contributed by atoms with Gasteiger partial charge >= 0.3 is 5.97 Å². The molecule has 3 aromatic carbocycles. The van der Waals surface area contributed by atoms with Crippen LogP contribution in [0.1, 0.15) is 32.1 Å². The van der Waals surface area contributed by atoms with Crippen LogP contribution in [-0.2, 0) is 4.74 Å². The second kappa shape index (κ2) is 9.68. The minimum atomic E-state index is -0.779. The Morgan fingerprint density at radius 2 is 1.70 bits per heavy atom. The SMILES string of the molecule is Cc1ccc(-n2nc(C(=O)OCC(=O)c3ccc(Cl)cc3)nc2-c2ccc(Br)cc2)c(C)c1. The van der Waals surface area contributed by atoms with E-state index in [1.54, 1.807) is 28.9 Å². The van der Waals surface area contributed by atoms with Crippen molar-refractivity contribution in [3.63, 3.8) is 0 Å². The number of nitrogens with zero attached hydrogens (tertiary/aromatic N) is 3. The lowest BCUT2D eigenvalue weighted by Gasteiger charge is -2.10. The van der Waals surface area contributed by atoms with Crippen LogP contribution in [0.15, 0.2) is 71.2 Å². The Morgan fingerprint density at radius 3 is 2.36 bits per heavy atom. The third-order valence-corrected chi connectivity index (χ3v) is 5.75. The Balaban J connectivity index is 1.64. The van der Waals surface area contributed by atoms with E-state index in [1.165, 1.54) is 0 Å². The predicted molar refractivity (Wildman–Crippen MR) is 130 cm³/mol. The second-order valence-corrected chi connectivity index (χ2v) is 8.83. The first kappa shape index (κ1) is 22.9. The van der Waals surface area contributed by atoms with Crippen molar-refractivity contribution >= 4 is 39.3 Å². The smallest absolute Gasteiger partial charge is 0.378 e. The molecule has 0 aliphatic carbocycles. The minimum absolute atomic E-state index is 0.128. The summed E-state index contributed by atoms with van der Waals surface area (Å²) in [7, 11) is 0. The lowest BCUT2D eigenvalue weighted by atomic mass is 10.1. The molecule has 1 heterocycles. The fourth-order valence-electron chi connectivity index (χ4n) is 3.31. The Hall–Kier alpha value is -3.29. The average Bonchev–Trinajstić information content (AvgIpc) is 3.23. The monoisotopic (exact) mass is 523 g/mol. The second-order valence-electron chi connectivity index (χ2n) is 7.47. The van der Waals surface area contributed by atoms with E-state index >= 15 is 0 Å². The molecule has 0 fully saturated rings. The normalized spacial score (nSPS) is 10.8. The number of esters is 1. The van der Waals surface area contributed by atoms with E-state index in [1.807, 2.05) is 56.3 Å². The summed E-state index contributed by atoms with van der Waals surface area (Å²) in [6, 6.07) is 19.8. The lowest BCUT2D eigenvalue weighted by Crippen LogP contribution is -2.15. The average molecular weight is 525 g/mol. The number of benzene rings is 3. The van der Waals surface area contributed by atoms with Crippen LogP contribution in [-0.4, -0.2) is 33.1 Å². The van der Waals surface area contributed by atoms with Crippen LogP contribution in [0.5, 0.6) is 0 Å². The molecule has 6 nitrogen and oxygen atoms in total. The Morgan fingerprint density at radius 1 is 1.00 bits per heavy atom. The number of aryl methyl sites for hydroxylation is 2. The van der Waals surface area contributed by atoms with E-state index in [0.29, 0.717) is 16.4 Å². The quantitative estimate of drug-likeness (QED) is 0.228. The van der Waals surface area contributed by atoms with Crippen LogP contribution in [0.2, 0.25) is 5.02 Å². The fraction of sp³-hybridized carbons (Fsp3) is 0.120. The van der Waals surface area contributed by atoms with Crippen molar-refractivity contribution in [3.05, 3.63) is 98.7 Å². The number of ketones is 1. The van der Waals surface area contributed by atoms with Crippen molar-refractivity contribution in [2.75, 3.05) is 6.61 Å². The Kier molecular flexibility index (Phi) is 6.72. The highest BCUT2D eigenvalue weighted by molar-refractivity contribution is 9.10. The van der Waals surface area contributed by atoms with Gasteiger partial charge in [-0.25, -0.2) is 14.5 Å². The van der Waals surface area contributed by atoms with Gasteiger partial charge in [0, 0.05) is 20.6 Å². The molecule has 0 N–H and O–H groups in total. The van der Waals surface area contributed by atoms with Crippen molar-refractivity contribution in [2.45, 2.75) is 13.8 Å². The standard InChI is InChI=1S/C25H19BrClN3O3/c1-15-3-12-21(16(2)13-15)30-24(18-4-8-19(26)9-5-18)28-23(29-30)25(32)33-14-22(31)17-6-10-20(27)11-7-17/h3-13H,14H2,1-2H3. The van der Waals surface area contributed by atoms with Crippen molar-refractivity contribution in [3.8, 4) is 17.1 Å². The summed E-state index contributed by atoms with van der Waals surface area (Å²) in [6.07, 6.45) is 0. The van der Waals surface area contributed by atoms with Crippen LogP contribution in [0.4, 0.5) is 0 Å². The summed E-state index contributed by atoms with van der Waals surface area (Å²) >= 11 is 9.28. The first-order valence-electron chi connectivity index (χ1n) is 10.1. The summed E-state index contributed by atoms with van der Waals surface area (Å²) in [5, 5.41) is 4.94. The van der Waals surface area contributed by atoms with Crippen LogP contribution in [0.3, 0.4) is 0 Å². The van der Waals surface area contributed by atoms with E-state index in [9.17, 15) is 9.59 Å². The molecule has 0 saturated carbocycles. The summed E-state index contributed by atoms with van der Waals surface area (Å²) < 4.78 is 7.76. The van der Waals surface area contributed by atoms with Crippen LogP contribution < -0.4 is 0 Å². The number of halogens is 2. The third kappa shape index (κ3) is 5.21. The predicted octanol–water partition coefficient (Wildman–Crippen LogP) is 6.01. The highest BCUT2D eigenvalue weighted by Crippen LogP contribution is 2.25. The van der Waals surface area contributed by atoms with Gasteiger partial charge in [0.15, 0.2) is 18.2 Å². The molecule has 0 atom stereocenters. The molecule has 4 aromatic rings. The van der Waals surface area contributed by atoms with Gasteiger partial charge in [-0.15, -0.1) is 5.10 Å². The number of Topliss-reactive ketones (excluding diaryl/α,β-unsaturated/α-hetero) is 1. The molecule has 0 aliphatic rings. The maximum absolute atomic E-state index is 12.7. The maximum Gasteiger partial charge on any atom is 0.378 e. The number of aromatic nitrogens is 3. The molecule has 0 saturated heterocycles. The first-order valence-corrected chi connectivity index (χ1v) is 11.3. The van der Waals surface area contributed by atoms with Crippen LogP contribution in [0.25, 0.3) is 17.1 Å². The zero-order valence-electron chi connectivity index (χ0n) is 17.9. The minimum Gasteiger partial charge on any atom is -0.451 e. The van der Waals surface area contributed by atoms with Crippen molar-refractivity contribution in [1.29, 1.82) is 0 Å². The summed E-state index contributed by atoms with van der Waals surface area (Å²) in [5.74, 6) is -0.761. The van der Waals surface area contributed by atoms with Gasteiger partial charge < -0.3 is 4.74 Å². The molecule has 33 heavy (non-hydrogen) atoms. The van der Waals surface area contributed by atoms with Crippen molar-refractivity contribution in [1.82, 2.24) is 14.8 Å². The zero-order chi connectivity index (χ0) is 23.5. The molecule has 0 spiro atoms. The van der Waals surface area contributed by atoms with Crippen LogP contribution >= 0.6 is 27.5 Å². The largest absolute Gasteiger partial charge is 0.451 e. The van der Waals surface area contributed by atoms with Gasteiger partial charge in [0.25, 0.3) is 5.82 Å². The highest BCUT2D eigenvalue weighted by Gasteiger charge is 2.22. The third-order valence-electron chi connectivity index (χ3n) is 4.97. The molecule has 1 aromatic heterocycles. The Labute approximate surface area is 204 Å². The highest BCUT2D eigenvalue weighted by atomic mass is 79.9. The number of carbonyl (C=O) groups excluding carboxylic acids is 2. The maximum atomic E-state index is 12.7. The Bertz CT molecular complexity index is 1330. The van der Waals surface area contributed by atoms with Gasteiger partial charge in [-0.05, 0) is 61.9 Å². The summed E-state index contributed by atoms with van der Waals surface area (Å²) in [6.45, 7) is 3.55. The molecule has 166 valence electrons. The van der Waals surface area contributed by atoms with Crippen molar-refractivity contribution in [2.24, 2.45) is 0 Å². The molecule has 0 amide bonds. The van der Waals surface area contributed by atoms with Crippen molar-refractivity contribution < 1.29 is 14.3 Å². The number of hydrogen-bond donors (Lipinski definition) is 0.